The molecular weight excluding hydrogens is 307 g/mol. The average Bonchev–Trinajstić information content (AvgIpc) is 2.51. The summed E-state index contributed by atoms with van der Waals surface area (Å²) in [4.78, 5) is 5.07. The Morgan fingerprint density at radius 1 is 1.09 bits per heavy atom. The molecule has 0 saturated carbocycles. The van der Waals surface area contributed by atoms with Gasteiger partial charge in [-0.2, -0.15) is 0 Å². The number of ether oxygens (including phenoxy) is 1. The first-order chi connectivity index (χ1) is 10.6. The van der Waals surface area contributed by atoms with Crippen LogP contribution in [-0.4, -0.2) is 19.0 Å². The lowest BCUT2D eigenvalue weighted by molar-refractivity contribution is 0.106. The van der Waals surface area contributed by atoms with Crippen molar-refractivity contribution in [2.75, 3.05) is 13.2 Å². The summed E-state index contributed by atoms with van der Waals surface area (Å²) in [6, 6.07) is 13.2. The highest BCUT2D eigenvalue weighted by Gasteiger charge is 2.02. The molecule has 4 nitrogen and oxygen atoms in total. The lowest BCUT2D eigenvalue weighted by atomic mass is 10.1. The molecule has 116 valence electrons. The quantitative estimate of drug-likeness (QED) is 0.368. The zero-order valence-corrected chi connectivity index (χ0v) is 12.6. The topological polar surface area (TPSA) is 56.8 Å². The Labute approximate surface area is 133 Å². The first-order valence-electron chi connectivity index (χ1n) is 6.71. The van der Waals surface area contributed by atoms with Crippen LogP contribution in [0.5, 0.6) is 5.75 Å². The maximum Gasteiger partial charge on any atom is 0.151 e. The normalized spacial score (nSPS) is 11.3. The second-order valence-corrected chi connectivity index (χ2v) is 4.89. The molecule has 2 aromatic carbocycles. The molecule has 0 saturated heterocycles. The molecular formula is C16H16ClFN2O2. The number of halogens is 2. The molecule has 22 heavy (non-hydrogen) atoms. The van der Waals surface area contributed by atoms with Crippen LogP contribution in [0, 0.1) is 5.82 Å². The third-order valence-corrected chi connectivity index (χ3v) is 3.14. The van der Waals surface area contributed by atoms with Gasteiger partial charge in [-0.1, -0.05) is 35.0 Å². The molecule has 0 aliphatic heterocycles. The lowest BCUT2D eigenvalue weighted by Crippen LogP contribution is -2.16. The van der Waals surface area contributed by atoms with Gasteiger partial charge in [-0.25, -0.2) is 4.39 Å². The van der Waals surface area contributed by atoms with Crippen molar-refractivity contribution in [3.8, 4) is 5.75 Å². The summed E-state index contributed by atoms with van der Waals surface area (Å²) in [7, 11) is 0. The number of rotatable bonds is 7. The van der Waals surface area contributed by atoms with Gasteiger partial charge in [-0.3, -0.25) is 0 Å². The Bertz CT molecular complexity index is 632. The van der Waals surface area contributed by atoms with Gasteiger partial charge < -0.3 is 15.3 Å². The van der Waals surface area contributed by atoms with Crippen LogP contribution in [0.4, 0.5) is 4.39 Å². The van der Waals surface area contributed by atoms with E-state index in [1.54, 1.807) is 18.2 Å². The fourth-order valence-electron chi connectivity index (χ4n) is 1.73. The summed E-state index contributed by atoms with van der Waals surface area (Å²) in [5.41, 5.74) is 6.65. The molecule has 6 heteroatoms. The fraction of sp³-hybridized carbons (Fsp3) is 0.188. The molecule has 0 heterocycles. The predicted octanol–water partition coefficient (Wildman–Crippen LogP) is 3.39. The van der Waals surface area contributed by atoms with Crippen LogP contribution >= 0.6 is 11.6 Å². The third kappa shape index (κ3) is 5.26. The second-order valence-electron chi connectivity index (χ2n) is 4.49. The fourth-order valence-corrected chi connectivity index (χ4v) is 1.93. The van der Waals surface area contributed by atoms with Crippen LogP contribution in [0.2, 0.25) is 5.02 Å². The smallest absolute Gasteiger partial charge is 0.151 e. The number of nitrogens with zero attached hydrogens (tertiary/aromatic N) is 1. The highest BCUT2D eigenvalue weighted by molar-refractivity contribution is 6.31. The third-order valence-electron chi connectivity index (χ3n) is 2.77. The van der Waals surface area contributed by atoms with Gasteiger partial charge in [0.25, 0.3) is 0 Å². The standard InChI is InChI=1S/C16H16ClFN2O2/c17-15-4-2-1-3-12(15)11-16(19)20-22-10-9-21-14-7-5-13(18)6-8-14/h1-8H,9-11H2,(H2,19,20). The number of amidine groups is 1. The molecule has 0 atom stereocenters. The average molecular weight is 323 g/mol. The number of benzene rings is 2. The van der Waals surface area contributed by atoms with E-state index in [2.05, 4.69) is 5.16 Å². The Balaban J connectivity index is 1.71. The lowest BCUT2D eigenvalue weighted by Gasteiger charge is -2.06. The first-order valence-corrected chi connectivity index (χ1v) is 7.09. The molecule has 2 rings (SSSR count). The minimum Gasteiger partial charge on any atom is -0.490 e. The van der Waals surface area contributed by atoms with Crippen LogP contribution in [-0.2, 0) is 11.3 Å². The Hall–Kier alpha value is -2.27. The van der Waals surface area contributed by atoms with Crippen molar-refractivity contribution < 1.29 is 14.0 Å². The summed E-state index contributed by atoms with van der Waals surface area (Å²) in [5, 5.41) is 4.44. The van der Waals surface area contributed by atoms with Crippen molar-refractivity contribution in [1.82, 2.24) is 0 Å². The van der Waals surface area contributed by atoms with Crippen LogP contribution in [0.15, 0.2) is 53.7 Å². The maximum absolute atomic E-state index is 12.7. The van der Waals surface area contributed by atoms with Gasteiger partial charge in [0.2, 0.25) is 0 Å². The van der Waals surface area contributed by atoms with Crippen molar-refractivity contribution in [1.29, 1.82) is 0 Å². The van der Waals surface area contributed by atoms with E-state index in [-0.39, 0.29) is 19.0 Å². The van der Waals surface area contributed by atoms with Crippen LogP contribution in [0.1, 0.15) is 5.56 Å². The molecule has 0 radical (unpaired) electrons. The van der Waals surface area contributed by atoms with E-state index in [0.29, 0.717) is 23.0 Å². The van der Waals surface area contributed by atoms with Crippen molar-refractivity contribution >= 4 is 17.4 Å². The van der Waals surface area contributed by atoms with Crippen LogP contribution in [0.3, 0.4) is 0 Å². The van der Waals surface area contributed by atoms with E-state index < -0.39 is 0 Å². The SMILES string of the molecule is N/C(Cc1ccccc1Cl)=N\OCCOc1ccc(F)cc1. The van der Waals surface area contributed by atoms with Crippen molar-refractivity contribution in [2.24, 2.45) is 10.9 Å². The molecule has 0 bridgehead atoms. The number of hydrogen-bond donors (Lipinski definition) is 1. The van der Waals surface area contributed by atoms with Gasteiger partial charge in [0.1, 0.15) is 24.0 Å². The Kier molecular flexibility index (Phi) is 6.03. The minimum absolute atomic E-state index is 0.237. The summed E-state index contributed by atoms with van der Waals surface area (Å²) < 4.78 is 18.1. The largest absolute Gasteiger partial charge is 0.490 e. The molecule has 0 fully saturated rings. The van der Waals surface area contributed by atoms with Crippen molar-refractivity contribution in [3.63, 3.8) is 0 Å². The van der Waals surface area contributed by atoms with E-state index in [4.69, 9.17) is 26.9 Å². The zero-order valence-electron chi connectivity index (χ0n) is 11.8. The van der Waals surface area contributed by atoms with Crippen LogP contribution < -0.4 is 10.5 Å². The zero-order chi connectivity index (χ0) is 15.8. The molecule has 2 aromatic rings. The highest BCUT2D eigenvalue weighted by atomic mass is 35.5. The monoisotopic (exact) mass is 322 g/mol. The number of nitrogens with two attached hydrogens (primary N) is 1. The van der Waals surface area contributed by atoms with Crippen LogP contribution in [0.25, 0.3) is 0 Å². The Morgan fingerprint density at radius 2 is 1.82 bits per heavy atom. The molecule has 0 aromatic heterocycles. The molecule has 0 aliphatic rings. The summed E-state index contributed by atoms with van der Waals surface area (Å²) in [6.45, 7) is 0.523. The maximum atomic E-state index is 12.7. The van der Waals surface area contributed by atoms with Gasteiger partial charge in [-0.05, 0) is 35.9 Å². The molecule has 0 unspecified atom stereocenters. The first kappa shape index (κ1) is 16.1. The molecule has 0 spiro atoms. The van der Waals surface area contributed by atoms with Gasteiger partial charge in [0, 0.05) is 11.4 Å². The highest BCUT2D eigenvalue weighted by Crippen LogP contribution is 2.15. The summed E-state index contributed by atoms with van der Waals surface area (Å²) in [5.74, 6) is 0.591. The van der Waals surface area contributed by atoms with E-state index in [0.717, 1.165) is 5.56 Å². The summed E-state index contributed by atoms with van der Waals surface area (Å²) >= 11 is 6.03. The van der Waals surface area contributed by atoms with E-state index in [9.17, 15) is 4.39 Å². The summed E-state index contributed by atoms with van der Waals surface area (Å²) in [6.07, 6.45) is 0.415. The van der Waals surface area contributed by atoms with Crippen molar-refractivity contribution in [2.45, 2.75) is 6.42 Å². The van der Waals surface area contributed by atoms with E-state index in [1.165, 1.54) is 12.1 Å². The van der Waals surface area contributed by atoms with Gasteiger partial charge in [0.15, 0.2) is 6.61 Å². The second kappa shape index (κ2) is 8.24. The van der Waals surface area contributed by atoms with E-state index in [1.807, 2.05) is 18.2 Å². The molecule has 0 aliphatic carbocycles. The molecule has 2 N–H and O–H groups in total. The minimum atomic E-state index is -0.305. The Morgan fingerprint density at radius 3 is 2.55 bits per heavy atom. The number of hydrogen-bond acceptors (Lipinski definition) is 3. The predicted molar refractivity (Wildman–Crippen MR) is 84.6 cm³/mol. The van der Waals surface area contributed by atoms with Gasteiger partial charge in [0.05, 0.1) is 0 Å². The van der Waals surface area contributed by atoms with Gasteiger partial charge in [-0.15, -0.1) is 0 Å². The molecule has 0 amide bonds. The van der Waals surface area contributed by atoms with Crippen molar-refractivity contribution in [3.05, 3.63) is 64.9 Å². The van der Waals surface area contributed by atoms with E-state index >= 15 is 0 Å². The van der Waals surface area contributed by atoms with Gasteiger partial charge >= 0.3 is 0 Å². The number of oxime groups is 1.